The number of rotatable bonds is 4. The molecule has 11 heteroatoms. The van der Waals surface area contributed by atoms with Gasteiger partial charge in [-0.1, -0.05) is 11.6 Å². The van der Waals surface area contributed by atoms with E-state index in [1.54, 1.807) is 0 Å². The number of anilines is 1. The Morgan fingerprint density at radius 2 is 1.67 bits per heavy atom. The summed E-state index contributed by atoms with van der Waals surface area (Å²) in [5.41, 5.74) is -0.951. The van der Waals surface area contributed by atoms with Crippen LogP contribution < -0.4 is 9.21 Å². The molecule has 27 heavy (non-hydrogen) atoms. The minimum absolute atomic E-state index is 0.0579. The van der Waals surface area contributed by atoms with Crippen molar-refractivity contribution in [1.82, 2.24) is 3.89 Å². The third-order valence-electron chi connectivity index (χ3n) is 3.87. The summed E-state index contributed by atoms with van der Waals surface area (Å²) >= 11 is 5.83. The molecule has 0 aromatic heterocycles. The number of nitrogens with one attached hydrogen (secondary N) is 1. The van der Waals surface area contributed by atoms with Crippen molar-refractivity contribution in [3.63, 3.8) is 0 Å². The van der Waals surface area contributed by atoms with Gasteiger partial charge in [-0.3, -0.25) is 4.79 Å². The first kappa shape index (κ1) is 21.2. The standard InChI is InChI=1S/C16H14ClF3N2O4S/c1-22(2,27(24,25)26)12-6-3-10(4-7-12)15(23)21-14-9-11(16(18,19)20)5-8-13(14)17/h3-9H,1-2H3,(H-,21,23,24,25,26)/p+1. The van der Waals surface area contributed by atoms with Gasteiger partial charge in [0.25, 0.3) is 5.91 Å². The normalized spacial score (nSPS) is 12.7. The minimum atomic E-state index is -4.59. The molecule has 0 radical (unpaired) electrons. The van der Waals surface area contributed by atoms with Crippen LogP contribution in [0, 0.1) is 0 Å². The molecule has 0 aliphatic heterocycles. The van der Waals surface area contributed by atoms with Crippen LogP contribution in [-0.2, 0) is 16.5 Å². The summed E-state index contributed by atoms with van der Waals surface area (Å²) in [6.07, 6.45) is -4.59. The van der Waals surface area contributed by atoms with Gasteiger partial charge in [-0.05, 0) is 30.3 Å². The summed E-state index contributed by atoms with van der Waals surface area (Å²) in [5, 5.41) is 2.21. The second kappa shape index (κ2) is 7.12. The highest BCUT2D eigenvalue weighted by Gasteiger charge is 2.34. The Morgan fingerprint density at radius 3 is 2.15 bits per heavy atom. The number of alkyl halides is 3. The second-order valence-electron chi connectivity index (χ2n) is 5.99. The summed E-state index contributed by atoms with van der Waals surface area (Å²) in [5.74, 6) is -0.736. The van der Waals surface area contributed by atoms with E-state index in [2.05, 4.69) is 5.32 Å². The van der Waals surface area contributed by atoms with Crippen molar-refractivity contribution in [2.24, 2.45) is 0 Å². The average molecular weight is 424 g/mol. The fraction of sp³-hybridized carbons (Fsp3) is 0.188. The van der Waals surface area contributed by atoms with Crippen molar-refractivity contribution < 1.29 is 30.9 Å². The molecule has 6 nitrogen and oxygen atoms in total. The van der Waals surface area contributed by atoms with Crippen LogP contribution in [0.4, 0.5) is 24.5 Å². The molecule has 0 heterocycles. The molecule has 0 atom stereocenters. The Labute approximate surface area is 158 Å². The lowest BCUT2D eigenvalue weighted by Crippen LogP contribution is -2.45. The number of carbonyl (C=O) groups excluding carboxylic acids is 1. The van der Waals surface area contributed by atoms with Crippen LogP contribution >= 0.6 is 11.6 Å². The van der Waals surface area contributed by atoms with E-state index in [4.69, 9.17) is 11.6 Å². The molecule has 2 N–H and O–H groups in total. The SMILES string of the molecule is C[N+](C)(c1ccc(C(=O)Nc2cc(C(F)(F)F)ccc2Cl)cc1)S(=O)(=O)O. The summed E-state index contributed by atoms with van der Waals surface area (Å²) < 4.78 is 69.6. The molecule has 0 saturated carbocycles. The van der Waals surface area contributed by atoms with Crippen molar-refractivity contribution in [3.05, 3.63) is 58.6 Å². The van der Waals surface area contributed by atoms with E-state index >= 15 is 0 Å². The van der Waals surface area contributed by atoms with Gasteiger partial charge in [-0.25, -0.2) is 4.55 Å². The summed E-state index contributed by atoms with van der Waals surface area (Å²) in [6, 6.07) is 7.69. The first-order valence-electron chi connectivity index (χ1n) is 7.34. The van der Waals surface area contributed by atoms with E-state index in [0.29, 0.717) is 6.07 Å². The molecule has 0 saturated heterocycles. The summed E-state index contributed by atoms with van der Waals surface area (Å²) in [7, 11) is -1.99. The quantitative estimate of drug-likeness (QED) is 0.575. The van der Waals surface area contributed by atoms with Crippen molar-refractivity contribution in [1.29, 1.82) is 0 Å². The van der Waals surface area contributed by atoms with Gasteiger partial charge in [0.2, 0.25) is 0 Å². The number of amides is 1. The molecule has 146 valence electrons. The predicted molar refractivity (Wildman–Crippen MR) is 96.0 cm³/mol. The van der Waals surface area contributed by atoms with Gasteiger partial charge in [-0.2, -0.15) is 17.1 Å². The van der Waals surface area contributed by atoms with E-state index in [1.807, 2.05) is 0 Å². The van der Waals surface area contributed by atoms with Crippen LogP contribution in [0.3, 0.4) is 0 Å². The topological polar surface area (TPSA) is 83.5 Å². The van der Waals surface area contributed by atoms with Crippen LogP contribution in [-0.4, -0.2) is 33.0 Å². The lowest BCUT2D eigenvalue weighted by molar-refractivity contribution is -0.137. The lowest BCUT2D eigenvalue weighted by atomic mass is 10.1. The number of carbonyl (C=O) groups is 1. The van der Waals surface area contributed by atoms with Gasteiger partial charge in [0, 0.05) is 17.7 Å². The number of benzene rings is 2. The number of quaternary nitrogens is 1. The van der Waals surface area contributed by atoms with Crippen molar-refractivity contribution in [2.45, 2.75) is 6.18 Å². The fourth-order valence-electron chi connectivity index (χ4n) is 2.10. The first-order chi connectivity index (χ1) is 12.2. The van der Waals surface area contributed by atoms with E-state index in [0.717, 1.165) is 12.1 Å². The van der Waals surface area contributed by atoms with Gasteiger partial charge in [0.1, 0.15) is 5.69 Å². The monoisotopic (exact) mass is 423 g/mol. The Morgan fingerprint density at radius 1 is 1.11 bits per heavy atom. The maximum absolute atomic E-state index is 12.8. The number of nitrogens with zero attached hydrogens (tertiary/aromatic N) is 1. The van der Waals surface area contributed by atoms with Gasteiger partial charge >= 0.3 is 16.5 Å². The molecule has 1 amide bonds. The summed E-state index contributed by atoms with van der Waals surface area (Å²) in [6.45, 7) is 0. The van der Waals surface area contributed by atoms with Crippen molar-refractivity contribution in [3.8, 4) is 0 Å². The molecular weight excluding hydrogens is 409 g/mol. The molecule has 0 aliphatic rings. The maximum atomic E-state index is 12.8. The van der Waals surface area contributed by atoms with E-state index < -0.39 is 31.8 Å². The van der Waals surface area contributed by atoms with Crippen molar-refractivity contribution >= 4 is 39.2 Å². The van der Waals surface area contributed by atoms with Crippen LogP contribution in [0.1, 0.15) is 15.9 Å². The van der Waals surface area contributed by atoms with Gasteiger partial charge in [-0.15, -0.1) is 8.42 Å². The Bertz CT molecular complexity index is 974. The molecule has 2 aromatic rings. The molecule has 0 bridgehead atoms. The molecule has 2 aromatic carbocycles. The van der Waals surface area contributed by atoms with E-state index in [-0.39, 0.29) is 22.0 Å². The van der Waals surface area contributed by atoms with Crippen LogP contribution in [0.2, 0.25) is 5.02 Å². The van der Waals surface area contributed by atoms with Crippen LogP contribution in [0.25, 0.3) is 0 Å². The predicted octanol–water partition coefficient (Wildman–Crippen LogP) is 3.98. The number of halogens is 4. The minimum Gasteiger partial charge on any atom is -0.321 e. The van der Waals surface area contributed by atoms with Gasteiger partial charge in [0.05, 0.1) is 30.4 Å². The van der Waals surface area contributed by atoms with Crippen LogP contribution in [0.5, 0.6) is 0 Å². The highest BCUT2D eigenvalue weighted by Crippen LogP contribution is 2.34. The smallest absolute Gasteiger partial charge is 0.321 e. The zero-order valence-corrected chi connectivity index (χ0v) is 15.7. The highest BCUT2D eigenvalue weighted by atomic mass is 35.5. The summed E-state index contributed by atoms with van der Waals surface area (Å²) in [4.78, 5) is 12.3. The molecule has 0 unspecified atom stereocenters. The molecule has 2 rings (SSSR count). The Hall–Kier alpha value is -2.14. The second-order valence-corrected chi connectivity index (χ2v) is 8.21. The van der Waals surface area contributed by atoms with Crippen LogP contribution in [0.15, 0.2) is 42.5 Å². The fourth-order valence-corrected chi connectivity index (χ4v) is 2.65. The third kappa shape index (κ3) is 4.59. The number of hydrogen-bond donors (Lipinski definition) is 2. The molecule has 0 spiro atoms. The van der Waals surface area contributed by atoms with Crippen molar-refractivity contribution in [2.75, 3.05) is 19.4 Å². The Balaban J connectivity index is 2.28. The van der Waals surface area contributed by atoms with Gasteiger partial charge in [0.15, 0.2) is 0 Å². The average Bonchev–Trinajstić information content (AvgIpc) is 2.54. The zero-order valence-electron chi connectivity index (χ0n) is 14.1. The largest absolute Gasteiger partial charge is 0.437 e. The van der Waals surface area contributed by atoms with Gasteiger partial charge < -0.3 is 5.32 Å². The zero-order chi connectivity index (χ0) is 20.6. The van der Waals surface area contributed by atoms with E-state index in [9.17, 15) is 30.9 Å². The third-order valence-corrected chi connectivity index (χ3v) is 5.56. The maximum Gasteiger partial charge on any atom is 0.437 e. The number of hydrogen-bond acceptors (Lipinski definition) is 3. The molecular formula is C16H15ClF3N2O4S+. The Kier molecular flexibility index (Phi) is 5.58. The highest BCUT2D eigenvalue weighted by molar-refractivity contribution is 7.85. The molecule has 0 aliphatic carbocycles. The first-order valence-corrected chi connectivity index (χ1v) is 9.11. The lowest BCUT2D eigenvalue weighted by Gasteiger charge is -2.23. The molecule has 0 fully saturated rings. The van der Waals surface area contributed by atoms with E-state index in [1.165, 1.54) is 38.4 Å².